The molecule has 1 fully saturated rings. The van der Waals surface area contributed by atoms with Gasteiger partial charge in [0.1, 0.15) is 11.0 Å². The first-order valence-electron chi connectivity index (χ1n) is 10.1. The zero-order valence-electron chi connectivity index (χ0n) is 17.2. The zero-order valence-corrected chi connectivity index (χ0v) is 18.0. The summed E-state index contributed by atoms with van der Waals surface area (Å²) in [5.74, 6) is -0.291. The number of amides is 1. The fourth-order valence-electron chi connectivity index (χ4n) is 3.64. The number of nitrogens with one attached hydrogen (secondary N) is 2. The van der Waals surface area contributed by atoms with Crippen LogP contribution in [0.3, 0.4) is 0 Å². The highest BCUT2D eigenvalue weighted by molar-refractivity contribution is 7.82. The number of nitrogens with zero attached hydrogens (tertiary/aromatic N) is 2. The Morgan fingerprint density at radius 2 is 1.83 bits per heavy atom. The van der Waals surface area contributed by atoms with Gasteiger partial charge in [0, 0.05) is 19.6 Å². The highest BCUT2D eigenvalue weighted by atomic mass is 32.2. The first-order chi connectivity index (χ1) is 14.6. The van der Waals surface area contributed by atoms with Crippen molar-refractivity contribution in [3.05, 3.63) is 78.9 Å². The Labute approximate surface area is 180 Å². The predicted octanol–water partition coefficient (Wildman–Crippen LogP) is 3.04. The molecule has 30 heavy (non-hydrogen) atoms. The molecule has 2 aromatic carbocycles. The smallest absolute Gasteiger partial charge is 0.224 e. The highest BCUT2D eigenvalue weighted by Gasteiger charge is 2.36. The summed E-state index contributed by atoms with van der Waals surface area (Å²) in [7, 11) is 0.350. The number of hydrogen-bond acceptors (Lipinski definition) is 4. The lowest BCUT2D eigenvalue weighted by atomic mass is 9.90. The number of piperidine rings is 1. The average molecular weight is 425 g/mol. The molecular formula is C23H28N4O2S. The van der Waals surface area contributed by atoms with Crippen LogP contribution in [-0.2, 0) is 15.8 Å². The van der Waals surface area contributed by atoms with E-state index in [-0.39, 0.29) is 17.9 Å². The molecule has 2 N–H and O–H groups in total. The van der Waals surface area contributed by atoms with E-state index in [1.807, 2.05) is 52.8 Å². The molecule has 2 aromatic rings. The van der Waals surface area contributed by atoms with E-state index < -0.39 is 11.0 Å². The van der Waals surface area contributed by atoms with Gasteiger partial charge in [0.05, 0.1) is 23.1 Å². The summed E-state index contributed by atoms with van der Waals surface area (Å²) in [6, 6.07) is 19.5. The van der Waals surface area contributed by atoms with Crippen molar-refractivity contribution in [3.8, 4) is 0 Å². The number of hydrogen-bond donors (Lipinski definition) is 2. The third-order valence-corrected chi connectivity index (χ3v) is 6.69. The maximum atomic E-state index is 13.4. The molecule has 1 saturated heterocycles. The van der Waals surface area contributed by atoms with E-state index in [0.29, 0.717) is 18.8 Å². The second-order valence-corrected chi connectivity index (χ2v) is 8.55. The topological polar surface area (TPSA) is 73.8 Å². The lowest BCUT2D eigenvalue weighted by Gasteiger charge is -2.38. The molecule has 0 bridgehead atoms. The first-order valence-corrected chi connectivity index (χ1v) is 11.2. The van der Waals surface area contributed by atoms with Crippen LogP contribution in [0.25, 0.3) is 0 Å². The van der Waals surface area contributed by atoms with E-state index in [4.69, 9.17) is 0 Å². The van der Waals surface area contributed by atoms with Crippen molar-refractivity contribution >= 4 is 22.6 Å². The molecule has 6 nitrogen and oxygen atoms in total. The van der Waals surface area contributed by atoms with E-state index in [1.165, 1.54) is 0 Å². The summed E-state index contributed by atoms with van der Waals surface area (Å²) in [5, 5.41) is 7.00. The summed E-state index contributed by atoms with van der Waals surface area (Å²) < 4.78 is 15.4. The maximum absolute atomic E-state index is 13.4. The van der Waals surface area contributed by atoms with E-state index in [0.717, 1.165) is 23.3 Å². The number of carbonyl (C=O) groups is 1. The average Bonchev–Trinajstić information content (AvgIpc) is 2.81. The third-order valence-electron chi connectivity index (χ3n) is 5.18. The van der Waals surface area contributed by atoms with Crippen molar-refractivity contribution in [1.29, 1.82) is 0 Å². The Balaban J connectivity index is 1.77. The quantitative estimate of drug-likeness (QED) is 0.505. The van der Waals surface area contributed by atoms with Crippen LogP contribution in [0.2, 0.25) is 0 Å². The molecule has 0 radical (unpaired) electrons. The molecule has 0 saturated carbocycles. The second kappa shape index (κ2) is 10.8. The summed E-state index contributed by atoms with van der Waals surface area (Å²) >= 11 is 0. The van der Waals surface area contributed by atoms with E-state index in [2.05, 4.69) is 34.6 Å². The van der Waals surface area contributed by atoms with Crippen LogP contribution in [-0.4, -0.2) is 40.3 Å². The Morgan fingerprint density at radius 3 is 2.47 bits per heavy atom. The van der Waals surface area contributed by atoms with Crippen molar-refractivity contribution in [2.75, 3.05) is 20.1 Å². The minimum absolute atomic E-state index is 0.00544. The summed E-state index contributed by atoms with van der Waals surface area (Å²) in [6.45, 7) is 4.45. The normalized spacial score (nSPS) is 20.9. The number of rotatable bonds is 8. The number of hydrazone groups is 1. The van der Waals surface area contributed by atoms with Crippen LogP contribution in [0.5, 0.6) is 0 Å². The fourth-order valence-corrected chi connectivity index (χ4v) is 5.07. The molecule has 3 rings (SSSR count). The Bertz CT molecular complexity index is 902. The summed E-state index contributed by atoms with van der Waals surface area (Å²) in [6.07, 6.45) is 3.11. The van der Waals surface area contributed by atoms with Gasteiger partial charge in [0.2, 0.25) is 5.91 Å². The van der Waals surface area contributed by atoms with E-state index in [1.54, 1.807) is 13.1 Å². The number of carbonyl (C=O) groups excluding carboxylic acids is 1. The lowest BCUT2D eigenvalue weighted by Crippen LogP contribution is -2.45. The molecule has 1 aliphatic rings. The minimum Gasteiger partial charge on any atom is -0.350 e. The Morgan fingerprint density at radius 1 is 1.17 bits per heavy atom. The van der Waals surface area contributed by atoms with Gasteiger partial charge >= 0.3 is 0 Å². The lowest BCUT2D eigenvalue weighted by molar-refractivity contribution is -0.126. The van der Waals surface area contributed by atoms with Crippen LogP contribution in [0.1, 0.15) is 24.4 Å². The molecule has 7 heteroatoms. The number of benzene rings is 2. The van der Waals surface area contributed by atoms with Gasteiger partial charge in [-0.3, -0.25) is 4.79 Å². The molecule has 0 spiro atoms. The Hall–Kier alpha value is -2.77. The SMILES string of the molecule is C=C/C(CNC(=O)[C@@H]1CCC(c2ccccc2)N(S(=O)c2ccccc2)C1)=N\NC. The largest absolute Gasteiger partial charge is 0.350 e. The molecule has 1 aliphatic heterocycles. The van der Waals surface area contributed by atoms with Gasteiger partial charge < -0.3 is 10.7 Å². The van der Waals surface area contributed by atoms with E-state index >= 15 is 0 Å². The van der Waals surface area contributed by atoms with Crippen molar-refractivity contribution in [2.24, 2.45) is 11.0 Å². The van der Waals surface area contributed by atoms with Crippen LogP contribution in [0.15, 0.2) is 83.3 Å². The van der Waals surface area contributed by atoms with Gasteiger partial charge in [-0.05, 0) is 36.6 Å². The molecule has 0 aliphatic carbocycles. The van der Waals surface area contributed by atoms with Crippen molar-refractivity contribution in [3.63, 3.8) is 0 Å². The van der Waals surface area contributed by atoms with Gasteiger partial charge in [0.15, 0.2) is 0 Å². The van der Waals surface area contributed by atoms with E-state index in [9.17, 15) is 9.00 Å². The van der Waals surface area contributed by atoms with Gasteiger partial charge in [-0.2, -0.15) is 5.10 Å². The predicted molar refractivity (Wildman–Crippen MR) is 121 cm³/mol. The highest BCUT2D eigenvalue weighted by Crippen LogP contribution is 2.36. The molecule has 158 valence electrons. The molecule has 2 unspecified atom stereocenters. The second-order valence-electron chi connectivity index (χ2n) is 7.11. The van der Waals surface area contributed by atoms with Crippen molar-refractivity contribution < 1.29 is 9.00 Å². The molecular weight excluding hydrogens is 396 g/mol. The van der Waals surface area contributed by atoms with Crippen LogP contribution >= 0.6 is 0 Å². The molecule has 3 atom stereocenters. The standard InChI is InChI=1S/C23H28N4O2S/c1-3-20(26-24-2)16-25-23(28)19-14-15-22(18-10-6-4-7-11-18)27(17-19)30(29)21-12-8-5-9-13-21/h3-13,19,22,24H,1,14-17H2,2H3,(H,25,28)/b26-20+/t19-,22?,30?/m1/s1. The molecule has 1 heterocycles. The monoisotopic (exact) mass is 424 g/mol. The fraction of sp³-hybridized carbons (Fsp3) is 0.304. The van der Waals surface area contributed by atoms with Crippen LogP contribution < -0.4 is 10.7 Å². The van der Waals surface area contributed by atoms with Gasteiger partial charge in [0.25, 0.3) is 0 Å². The van der Waals surface area contributed by atoms with Crippen molar-refractivity contribution in [1.82, 2.24) is 15.0 Å². The zero-order chi connectivity index (χ0) is 21.3. The van der Waals surface area contributed by atoms with Crippen LogP contribution in [0.4, 0.5) is 0 Å². The van der Waals surface area contributed by atoms with Crippen LogP contribution in [0, 0.1) is 5.92 Å². The maximum Gasteiger partial charge on any atom is 0.224 e. The third kappa shape index (κ3) is 5.43. The van der Waals surface area contributed by atoms with Gasteiger partial charge in [-0.15, -0.1) is 0 Å². The molecule has 0 aromatic heterocycles. The summed E-state index contributed by atoms with van der Waals surface area (Å²) in [4.78, 5) is 13.6. The van der Waals surface area contributed by atoms with Gasteiger partial charge in [-0.1, -0.05) is 55.1 Å². The Kier molecular flexibility index (Phi) is 7.93. The first kappa shape index (κ1) is 21.9. The minimum atomic E-state index is -1.35. The van der Waals surface area contributed by atoms with Crippen molar-refractivity contribution in [2.45, 2.75) is 23.8 Å². The summed E-state index contributed by atoms with van der Waals surface area (Å²) in [5.41, 5.74) is 4.48. The van der Waals surface area contributed by atoms with Gasteiger partial charge in [-0.25, -0.2) is 8.51 Å². The molecule has 1 amide bonds.